The second-order valence-electron chi connectivity index (χ2n) is 21.2. The molecule has 0 unspecified atom stereocenters. The molecule has 0 saturated carbocycles. The van der Waals surface area contributed by atoms with Crippen LogP contribution in [0.4, 0.5) is 0 Å². The molecule has 0 aliphatic heterocycles. The van der Waals surface area contributed by atoms with E-state index in [1.807, 2.05) is 72.8 Å². The summed E-state index contributed by atoms with van der Waals surface area (Å²) in [6.07, 6.45) is 0. The van der Waals surface area contributed by atoms with Gasteiger partial charge in [-0.3, -0.25) is 0 Å². The minimum atomic E-state index is -0.121. The number of halogens is 3. The normalized spacial score (nSPS) is 11.8. The zero-order chi connectivity index (χ0) is 54.1. The second-order valence-corrected chi connectivity index (χ2v) is 22.5. The van der Waals surface area contributed by atoms with Crippen molar-refractivity contribution < 1.29 is 18.9 Å². The Bertz CT molecular complexity index is 3680. The van der Waals surface area contributed by atoms with Crippen molar-refractivity contribution in [3.63, 3.8) is 0 Å². The summed E-state index contributed by atoms with van der Waals surface area (Å²) in [4.78, 5) is 4.83. The van der Waals surface area contributed by atoms with E-state index < -0.39 is 0 Å². The van der Waals surface area contributed by atoms with Gasteiger partial charge in [0, 0.05) is 37.8 Å². The lowest BCUT2D eigenvalue weighted by Gasteiger charge is -2.28. The molecule has 0 spiro atoms. The lowest BCUT2D eigenvalue weighted by Crippen LogP contribution is -2.19. The zero-order valence-corrected chi connectivity index (χ0v) is 47.1. The van der Waals surface area contributed by atoms with Gasteiger partial charge in [0.25, 0.3) is 0 Å². The Balaban J connectivity index is 0.000000150. The van der Waals surface area contributed by atoms with Crippen molar-refractivity contribution in [3.8, 4) is 51.2 Å². The molecule has 0 amide bonds. The highest BCUT2D eigenvalue weighted by Gasteiger charge is 2.28. The molecule has 0 saturated heterocycles. The first kappa shape index (κ1) is 54.1. The van der Waals surface area contributed by atoms with Gasteiger partial charge in [-0.2, -0.15) is 0 Å². The summed E-state index contributed by atoms with van der Waals surface area (Å²) >= 11 is 18.2. The smallest absolute Gasteiger partial charge is 0.154 e. The lowest BCUT2D eigenvalue weighted by atomic mass is 9.79. The van der Waals surface area contributed by atoms with Crippen molar-refractivity contribution in [2.45, 2.75) is 85.5 Å². The third-order valence-electron chi connectivity index (χ3n) is 12.4. The van der Waals surface area contributed by atoms with E-state index >= 15 is 0 Å². The van der Waals surface area contributed by atoms with Gasteiger partial charge >= 0.3 is 0 Å². The van der Waals surface area contributed by atoms with E-state index in [1.54, 1.807) is 61.0 Å². The van der Waals surface area contributed by atoms with Crippen LogP contribution in [0, 0.1) is 6.92 Å². The van der Waals surface area contributed by atoms with Crippen LogP contribution in [0.5, 0.6) is 23.0 Å². The average molecular weight is 1070 g/mol. The molecule has 0 aliphatic carbocycles. The Morgan fingerprint density at radius 1 is 0.387 bits per heavy atom. The molecule has 75 heavy (non-hydrogen) atoms. The third kappa shape index (κ3) is 11.9. The van der Waals surface area contributed by atoms with Crippen LogP contribution in [0.1, 0.15) is 84.6 Å². The van der Waals surface area contributed by atoms with E-state index in [0.717, 1.165) is 101 Å². The van der Waals surface area contributed by atoms with E-state index in [0.29, 0.717) is 15.1 Å². The highest BCUT2D eigenvalue weighted by Crippen LogP contribution is 2.42. The first-order chi connectivity index (χ1) is 35.5. The quantitative estimate of drug-likeness (QED) is 0.145. The number of benzene rings is 7. The van der Waals surface area contributed by atoms with Gasteiger partial charge in [-0.1, -0.05) is 134 Å². The van der Waals surface area contributed by atoms with Crippen LogP contribution in [-0.4, -0.2) is 73.4 Å². The summed E-state index contributed by atoms with van der Waals surface area (Å²) in [7, 11) is 6.66. The Hall–Kier alpha value is -7.19. The van der Waals surface area contributed by atoms with Crippen molar-refractivity contribution in [2.75, 3.05) is 28.4 Å². The molecule has 10 rings (SSSR count). The van der Waals surface area contributed by atoms with Crippen molar-refractivity contribution in [1.29, 1.82) is 0 Å². The van der Waals surface area contributed by atoms with Gasteiger partial charge in [-0.25, -0.2) is 0 Å². The molecule has 0 N–H and O–H groups in total. The van der Waals surface area contributed by atoms with Crippen molar-refractivity contribution >= 4 is 67.9 Å². The summed E-state index contributed by atoms with van der Waals surface area (Å²) < 4.78 is 22.7. The van der Waals surface area contributed by atoms with Crippen molar-refractivity contribution in [2.24, 2.45) is 0 Å². The molecule has 0 atom stereocenters. The maximum atomic E-state index is 6.10. The predicted octanol–water partition coefficient (Wildman–Crippen LogP) is 15.1. The molecule has 13 nitrogen and oxygen atoms in total. The molecule has 3 heterocycles. The van der Waals surface area contributed by atoms with Gasteiger partial charge in [0.1, 0.15) is 67.4 Å². The number of methoxy groups -OCH3 is 4. The molecule has 3 aromatic heterocycles. The van der Waals surface area contributed by atoms with E-state index in [1.165, 1.54) is 5.56 Å². The van der Waals surface area contributed by atoms with Crippen LogP contribution in [0.25, 0.3) is 61.3 Å². The highest BCUT2D eigenvalue weighted by atomic mass is 35.5. The van der Waals surface area contributed by atoms with E-state index in [9.17, 15) is 0 Å². The van der Waals surface area contributed by atoms with E-state index in [4.69, 9.17) is 53.8 Å². The number of hydrogen-bond donors (Lipinski definition) is 0. The van der Waals surface area contributed by atoms with Crippen LogP contribution in [0.2, 0.25) is 15.1 Å². The largest absolute Gasteiger partial charge is 0.497 e. The summed E-state index contributed by atoms with van der Waals surface area (Å²) in [5, 5.41) is 29.4. The molecule has 16 heteroatoms. The van der Waals surface area contributed by atoms with Gasteiger partial charge in [0.05, 0.1) is 28.4 Å². The number of rotatable bonds is 8. The van der Waals surface area contributed by atoms with Crippen LogP contribution < -0.4 is 18.9 Å². The van der Waals surface area contributed by atoms with Crippen LogP contribution in [0.3, 0.4) is 0 Å². The van der Waals surface area contributed by atoms with Gasteiger partial charge in [-0.15, -0.1) is 45.0 Å². The molecule has 0 radical (unpaired) electrons. The maximum absolute atomic E-state index is 6.10. The molecule has 0 bridgehead atoms. The van der Waals surface area contributed by atoms with Crippen LogP contribution in [-0.2, 0) is 16.2 Å². The van der Waals surface area contributed by atoms with Gasteiger partial charge in [0.15, 0.2) is 5.75 Å². The Kier molecular flexibility index (Phi) is 15.6. The molecule has 7 aromatic carbocycles. The van der Waals surface area contributed by atoms with Crippen molar-refractivity contribution in [1.82, 2.24) is 45.0 Å². The topological polar surface area (TPSA) is 129 Å². The van der Waals surface area contributed by atoms with Crippen LogP contribution >= 0.6 is 34.8 Å². The van der Waals surface area contributed by atoms with E-state index in [-0.39, 0.29) is 16.2 Å². The standard InChI is InChI=1S/C21H26ClN3O.C20H16ClN3O.C18H20ClN3O2/c1-20(2,3)13-10-15(21(4,5)6)19(26-7)18(11-13)25-23-16-9-8-14(22)12-17(16)24-25;1-13-10-16(14-6-4-3-5-7-14)20(25-2)19(11-13)24-22-17-9-8-15(21)12-18(17)23-24;1-18(2,3)13-9-12(23-4)10-16(17(13)24-5)22-20-14-7-6-11(19)8-15(14)21-22/h8-12H,1-7H3;3-12H,1-2H3;6-10H,1-5H3. The number of hydrogen-bond acceptors (Lipinski definition) is 10. The molecule has 388 valence electrons. The van der Waals surface area contributed by atoms with E-state index in [2.05, 4.69) is 130 Å². The summed E-state index contributed by atoms with van der Waals surface area (Å²) in [5.41, 5.74) is 13.4. The van der Waals surface area contributed by atoms with Gasteiger partial charge < -0.3 is 18.9 Å². The predicted molar refractivity (Wildman–Crippen MR) is 304 cm³/mol. The Morgan fingerprint density at radius 3 is 1.19 bits per heavy atom. The number of ether oxygens (including phenoxy) is 4. The molecule has 10 aromatic rings. The number of aryl methyl sites for hydroxylation is 1. The molecular formula is C59H62Cl3N9O4. The number of nitrogens with zero attached hydrogens (tertiary/aromatic N) is 9. The molecule has 0 aliphatic rings. The fourth-order valence-corrected chi connectivity index (χ4v) is 9.03. The first-order valence-electron chi connectivity index (χ1n) is 24.3. The first-order valence-corrected chi connectivity index (χ1v) is 25.5. The average Bonchev–Trinajstić information content (AvgIpc) is 4.12. The monoisotopic (exact) mass is 1070 g/mol. The SMILES string of the molecule is COc1c(-c2ccccc2)cc(C)cc1-n1nc2ccc(Cl)cc2n1.COc1c(-n2nc3ccc(Cl)cc3n2)cc(C(C)(C)C)cc1C(C)(C)C.COc1cc(-n2nc3ccc(Cl)cc3n2)c(OC)c(C(C)(C)C)c1. The van der Waals surface area contributed by atoms with Crippen molar-refractivity contribution in [3.05, 3.63) is 159 Å². The lowest BCUT2D eigenvalue weighted by molar-refractivity contribution is 0.384. The third-order valence-corrected chi connectivity index (χ3v) is 13.1. The zero-order valence-electron chi connectivity index (χ0n) is 44.8. The highest BCUT2D eigenvalue weighted by molar-refractivity contribution is 6.31. The van der Waals surface area contributed by atoms with Gasteiger partial charge in [0.2, 0.25) is 0 Å². The number of aromatic nitrogens is 9. The Labute approximate surface area is 453 Å². The second kappa shape index (κ2) is 21.6. The summed E-state index contributed by atoms with van der Waals surface area (Å²) in [6.45, 7) is 21.6. The maximum Gasteiger partial charge on any atom is 0.154 e. The summed E-state index contributed by atoms with van der Waals surface area (Å²) in [5.74, 6) is 3.00. The minimum Gasteiger partial charge on any atom is -0.497 e. The molecular weight excluding hydrogens is 1010 g/mol. The fraction of sp³-hybridized carbons (Fsp3) is 0.288. The van der Waals surface area contributed by atoms with Gasteiger partial charge in [-0.05, 0) is 119 Å². The number of fused-ring (bicyclic) bond motifs is 3. The minimum absolute atomic E-state index is 0.00307. The Morgan fingerprint density at radius 2 is 0.787 bits per heavy atom. The summed E-state index contributed by atoms with van der Waals surface area (Å²) in [6, 6.07) is 38.9. The fourth-order valence-electron chi connectivity index (χ4n) is 8.53. The molecule has 0 fully saturated rings. The van der Waals surface area contributed by atoms with Crippen LogP contribution in [0.15, 0.2) is 121 Å².